The molecular formula is C10H22N2O. The first-order chi connectivity index (χ1) is 6.09. The Labute approximate surface area is 81.2 Å². The minimum Gasteiger partial charge on any atom is -0.376 e. The Bertz CT molecular complexity index is 150. The van der Waals surface area contributed by atoms with E-state index in [0.29, 0.717) is 18.1 Å². The highest BCUT2D eigenvalue weighted by molar-refractivity contribution is 4.75. The van der Waals surface area contributed by atoms with Crippen molar-refractivity contribution in [3.05, 3.63) is 0 Å². The standard InChI is InChI=1S/C10H22N2O/c1-8(2)10(11)7-12-4-5-13-9(3)6-12/h8-10H,4-7,11H2,1-3H3/t9-,10+/m0/s1. The van der Waals surface area contributed by atoms with Crippen molar-refractivity contribution >= 4 is 0 Å². The molecule has 1 aliphatic heterocycles. The quantitative estimate of drug-likeness (QED) is 0.705. The second-order valence-corrected chi connectivity index (χ2v) is 4.35. The monoisotopic (exact) mass is 186 g/mol. The molecule has 3 nitrogen and oxygen atoms in total. The lowest BCUT2D eigenvalue weighted by atomic mass is 10.0. The molecule has 78 valence electrons. The van der Waals surface area contributed by atoms with E-state index in [2.05, 4.69) is 25.7 Å². The van der Waals surface area contributed by atoms with Gasteiger partial charge >= 0.3 is 0 Å². The van der Waals surface area contributed by atoms with E-state index in [1.54, 1.807) is 0 Å². The van der Waals surface area contributed by atoms with Gasteiger partial charge in [0.2, 0.25) is 0 Å². The third kappa shape index (κ3) is 3.63. The van der Waals surface area contributed by atoms with Crippen LogP contribution in [-0.2, 0) is 4.74 Å². The van der Waals surface area contributed by atoms with E-state index < -0.39 is 0 Å². The summed E-state index contributed by atoms with van der Waals surface area (Å²) in [6.07, 6.45) is 0.369. The summed E-state index contributed by atoms with van der Waals surface area (Å²) in [6, 6.07) is 0.297. The number of hydrogen-bond donors (Lipinski definition) is 1. The summed E-state index contributed by atoms with van der Waals surface area (Å²) in [5.74, 6) is 0.568. The third-order valence-electron chi connectivity index (χ3n) is 2.65. The van der Waals surface area contributed by atoms with Crippen molar-refractivity contribution in [3.63, 3.8) is 0 Å². The zero-order chi connectivity index (χ0) is 9.84. The molecule has 2 atom stereocenters. The zero-order valence-electron chi connectivity index (χ0n) is 8.99. The third-order valence-corrected chi connectivity index (χ3v) is 2.65. The normalized spacial score (nSPS) is 27.9. The molecule has 0 unspecified atom stereocenters. The van der Waals surface area contributed by atoms with Crippen molar-refractivity contribution in [2.75, 3.05) is 26.2 Å². The highest BCUT2D eigenvalue weighted by atomic mass is 16.5. The predicted molar refractivity (Wildman–Crippen MR) is 54.7 cm³/mol. The largest absolute Gasteiger partial charge is 0.376 e. The van der Waals surface area contributed by atoms with Crippen LogP contribution in [0.3, 0.4) is 0 Å². The summed E-state index contributed by atoms with van der Waals surface area (Å²) >= 11 is 0. The summed E-state index contributed by atoms with van der Waals surface area (Å²) in [5.41, 5.74) is 6.01. The van der Waals surface area contributed by atoms with Gasteiger partial charge in [0.25, 0.3) is 0 Å². The fourth-order valence-corrected chi connectivity index (χ4v) is 1.57. The fourth-order valence-electron chi connectivity index (χ4n) is 1.57. The van der Waals surface area contributed by atoms with Gasteiger partial charge in [0.15, 0.2) is 0 Å². The van der Waals surface area contributed by atoms with Crippen LogP contribution in [0.1, 0.15) is 20.8 Å². The number of morpholine rings is 1. The summed E-state index contributed by atoms with van der Waals surface area (Å²) < 4.78 is 5.47. The van der Waals surface area contributed by atoms with Crippen molar-refractivity contribution in [2.45, 2.75) is 32.9 Å². The van der Waals surface area contributed by atoms with Crippen molar-refractivity contribution in [1.29, 1.82) is 0 Å². The first-order valence-electron chi connectivity index (χ1n) is 5.19. The van der Waals surface area contributed by atoms with Crippen LogP contribution in [-0.4, -0.2) is 43.3 Å². The van der Waals surface area contributed by atoms with Crippen LogP contribution in [0.25, 0.3) is 0 Å². The molecule has 2 N–H and O–H groups in total. The van der Waals surface area contributed by atoms with Gasteiger partial charge in [-0.25, -0.2) is 0 Å². The van der Waals surface area contributed by atoms with Crippen LogP contribution in [0.4, 0.5) is 0 Å². The van der Waals surface area contributed by atoms with E-state index in [-0.39, 0.29) is 0 Å². The smallest absolute Gasteiger partial charge is 0.0674 e. The number of nitrogens with zero attached hydrogens (tertiary/aromatic N) is 1. The lowest BCUT2D eigenvalue weighted by molar-refractivity contribution is -0.0211. The molecule has 0 radical (unpaired) electrons. The van der Waals surface area contributed by atoms with Gasteiger partial charge in [-0.3, -0.25) is 4.90 Å². The predicted octanol–water partition coefficient (Wildman–Crippen LogP) is 0.690. The summed E-state index contributed by atoms with van der Waals surface area (Å²) in [6.45, 7) is 10.4. The first-order valence-corrected chi connectivity index (χ1v) is 5.19. The van der Waals surface area contributed by atoms with Gasteiger partial charge in [0, 0.05) is 25.7 Å². The maximum atomic E-state index is 6.01. The Morgan fingerprint density at radius 3 is 2.77 bits per heavy atom. The Hall–Kier alpha value is -0.120. The molecule has 1 rings (SSSR count). The van der Waals surface area contributed by atoms with E-state index in [1.807, 2.05) is 0 Å². The topological polar surface area (TPSA) is 38.5 Å². The molecule has 0 bridgehead atoms. The Balaban J connectivity index is 2.27. The average Bonchev–Trinajstić information content (AvgIpc) is 2.04. The molecule has 1 heterocycles. The van der Waals surface area contributed by atoms with Crippen LogP contribution in [0.2, 0.25) is 0 Å². The Morgan fingerprint density at radius 2 is 2.23 bits per heavy atom. The average molecular weight is 186 g/mol. The SMILES string of the molecule is CC(C)[C@H](N)CN1CCO[C@@H](C)C1. The van der Waals surface area contributed by atoms with Crippen LogP contribution in [0.5, 0.6) is 0 Å². The van der Waals surface area contributed by atoms with Crippen molar-refractivity contribution in [1.82, 2.24) is 4.90 Å². The highest BCUT2D eigenvalue weighted by Crippen LogP contribution is 2.07. The van der Waals surface area contributed by atoms with Gasteiger partial charge in [0.05, 0.1) is 12.7 Å². The summed E-state index contributed by atoms with van der Waals surface area (Å²) in [4.78, 5) is 2.40. The lowest BCUT2D eigenvalue weighted by Crippen LogP contribution is -2.47. The van der Waals surface area contributed by atoms with E-state index in [4.69, 9.17) is 10.5 Å². The van der Waals surface area contributed by atoms with E-state index in [0.717, 1.165) is 26.2 Å². The molecule has 3 heteroatoms. The molecule has 0 aromatic carbocycles. The molecule has 1 fully saturated rings. The number of rotatable bonds is 3. The van der Waals surface area contributed by atoms with Gasteiger partial charge in [0.1, 0.15) is 0 Å². The first kappa shape index (κ1) is 11.0. The number of ether oxygens (including phenoxy) is 1. The second-order valence-electron chi connectivity index (χ2n) is 4.35. The van der Waals surface area contributed by atoms with Crippen LogP contribution < -0.4 is 5.73 Å². The second kappa shape index (κ2) is 4.94. The maximum Gasteiger partial charge on any atom is 0.0674 e. The van der Waals surface area contributed by atoms with E-state index in [1.165, 1.54) is 0 Å². The van der Waals surface area contributed by atoms with Crippen LogP contribution >= 0.6 is 0 Å². The molecule has 0 aromatic heterocycles. The van der Waals surface area contributed by atoms with Crippen molar-refractivity contribution in [2.24, 2.45) is 11.7 Å². The van der Waals surface area contributed by atoms with E-state index >= 15 is 0 Å². The number of nitrogens with two attached hydrogens (primary N) is 1. The van der Waals surface area contributed by atoms with Crippen LogP contribution in [0.15, 0.2) is 0 Å². The highest BCUT2D eigenvalue weighted by Gasteiger charge is 2.19. The summed E-state index contributed by atoms with van der Waals surface area (Å²) in [7, 11) is 0. The molecule has 0 spiro atoms. The molecule has 0 aliphatic carbocycles. The van der Waals surface area contributed by atoms with Crippen molar-refractivity contribution in [3.8, 4) is 0 Å². The Morgan fingerprint density at radius 1 is 1.54 bits per heavy atom. The molecule has 0 amide bonds. The van der Waals surface area contributed by atoms with Gasteiger partial charge in [-0.2, -0.15) is 0 Å². The summed E-state index contributed by atoms with van der Waals surface area (Å²) in [5, 5.41) is 0. The minimum absolute atomic E-state index is 0.297. The van der Waals surface area contributed by atoms with E-state index in [9.17, 15) is 0 Å². The fraction of sp³-hybridized carbons (Fsp3) is 1.00. The minimum atomic E-state index is 0.297. The number of hydrogen-bond acceptors (Lipinski definition) is 3. The molecule has 1 aliphatic rings. The van der Waals surface area contributed by atoms with Crippen molar-refractivity contribution < 1.29 is 4.74 Å². The molecule has 1 saturated heterocycles. The zero-order valence-corrected chi connectivity index (χ0v) is 8.99. The Kier molecular flexibility index (Phi) is 4.16. The van der Waals surface area contributed by atoms with Gasteiger partial charge in [-0.1, -0.05) is 13.8 Å². The maximum absolute atomic E-state index is 6.01. The van der Waals surface area contributed by atoms with Gasteiger partial charge in [-0.15, -0.1) is 0 Å². The lowest BCUT2D eigenvalue weighted by Gasteiger charge is -2.33. The van der Waals surface area contributed by atoms with Gasteiger partial charge in [-0.05, 0) is 12.8 Å². The molecule has 0 aromatic rings. The molecule has 0 saturated carbocycles. The molecule has 13 heavy (non-hydrogen) atoms. The molecular weight excluding hydrogens is 164 g/mol. The van der Waals surface area contributed by atoms with Gasteiger partial charge < -0.3 is 10.5 Å². The van der Waals surface area contributed by atoms with Crippen LogP contribution in [0, 0.1) is 5.92 Å².